The third-order valence-corrected chi connectivity index (χ3v) is 7.67. The first-order chi connectivity index (χ1) is 10.3. The van der Waals surface area contributed by atoms with Gasteiger partial charge in [-0.05, 0) is 30.7 Å². The summed E-state index contributed by atoms with van der Waals surface area (Å²) in [6, 6.07) is 5.50. The van der Waals surface area contributed by atoms with Crippen LogP contribution in [0.1, 0.15) is 16.8 Å². The Morgan fingerprint density at radius 1 is 1.32 bits per heavy atom. The number of rotatable bonds is 5. The minimum atomic E-state index is -3.70. The van der Waals surface area contributed by atoms with Gasteiger partial charge in [-0.25, -0.2) is 16.8 Å². The molecule has 1 fully saturated rings. The molecule has 1 heterocycles. The third kappa shape index (κ3) is 3.56. The largest absolute Gasteiger partial charge is 0.349 e. The molecular formula is C14H17NO5S2. The van der Waals surface area contributed by atoms with Crippen molar-refractivity contribution in [1.82, 2.24) is 5.32 Å². The van der Waals surface area contributed by atoms with E-state index < -0.39 is 24.9 Å². The summed E-state index contributed by atoms with van der Waals surface area (Å²) in [4.78, 5) is 11.8. The van der Waals surface area contributed by atoms with Crippen LogP contribution in [-0.2, 0) is 19.7 Å². The summed E-state index contributed by atoms with van der Waals surface area (Å²) in [7, 11) is -6.97. The number of carbonyl (C=O) groups excluding carboxylic acids is 1. The first-order valence-electron chi connectivity index (χ1n) is 6.70. The smallest absolute Gasteiger partial charge is 0.251 e. The molecule has 1 amide bonds. The molecule has 22 heavy (non-hydrogen) atoms. The highest BCUT2D eigenvalue weighted by Crippen LogP contribution is 2.25. The van der Waals surface area contributed by atoms with E-state index in [2.05, 4.69) is 11.9 Å². The van der Waals surface area contributed by atoms with E-state index in [1.54, 1.807) is 0 Å². The zero-order valence-corrected chi connectivity index (χ0v) is 13.5. The standard InChI is InChI=1S/C14H17NO5S2/c1-2-8-15-14(16)11-3-5-12(6-4-11)22(19,20)13-7-9-21(17,18)10-13/h2-6,13H,1,7-10H2,(H,15,16)/t13-/m0/s1. The average Bonchev–Trinajstić information content (AvgIpc) is 2.86. The molecule has 120 valence electrons. The van der Waals surface area contributed by atoms with Crippen molar-refractivity contribution in [1.29, 1.82) is 0 Å². The predicted octanol–water partition coefficient (Wildman–Crippen LogP) is 0.563. The van der Waals surface area contributed by atoms with Gasteiger partial charge in [0.25, 0.3) is 5.91 Å². The lowest BCUT2D eigenvalue weighted by molar-refractivity contribution is 0.0958. The van der Waals surface area contributed by atoms with Crippen LogP contribution < -0.4 is 5.32 Å². The Balaban J connectivity index is 2.19. The fraction of sp³-hybridized carbons (Fsp3) is 0.357. The van der Waals surface area contributed by atoms with E-state index >= 15 is 0 Å². The second kappa shape index (κ2) is 6.21. The minimum absolute atomic E-state index is 0.0369. The van der Waals surface area contributed by atoms with E-state index in [0.717, 1.165) is 0 Å². The van der Waals surface area contributed by atoms with Crippen LogP contribution in [0.2, 0.25) is 0 Å². The van der Waals surface area contributed by atoms with Crippen molar-refractivity contribution in [2.75, 3.05) is 18.1 Å². The zero-order chi connectivity index (χ0) is 16.4. The van der Waals surface area contributed by atoms with E-state index in [1.165, 1.54) is 30.3 Å². The molecule has 1 aliphatic heterocycles. The van der Waals surface area contributed by atoms with Crippen LogP contribution in [0, 0.1) is 0 Å². The van der Waals surface area contributed by atoms with Crippen molar-refractivity contribution in [3.8, 4) is 0 Å². The molecule has 0 saturated carbocycles. The topological polar surface area (TPSA) is 97.4 Å². The molecule has 1 atom stereocenters. The molecule has 8 heteroatoms. The Morgan fingerprint density at radius 3 is 2.45 bits per heavy atom. The molecule has 1 aromatic carbocycles. The molecule has 0 unspecified atom stereocenters. The summed E-state index contributed by atoms with van der Waals surface area (Å²) >= 11 is 0. The van der Waals surface area contributed by atoms with Gasteiger partial charge in [0.1, 0.15) is 0 Å². The van der Waals surface area contributed by atoms with Gasteiger partial charge in [0.2, 0.25) is 0 Å². The van der Waals surface area contributed by atoms with E-state index in [0.29, 0.717) is 12.1 Å². The second-order valence-electron chi connectivity index (χ2n) is 5.09. The van der Waals surface area contributed by atoms with Gasteiger partial charge >= 0.3 is 0 Å². The zero-order valence-electron chi connectivity index (χ0n) is 11.9. The molecule has 0 aromatic heterocycles. The highest BCUT2D eigenvalue weighted by molar-refractivity contribution is 7.96. The van der Waals surface area contributed by atoms with Crippen molar-refractivity contribution in [2.24, 2.45) is 0 Å². The summed E-state index contributed by atoms with van der Waals surface area (Å²) in [6.07, 6.45) is 1.66. The number of nitrogens with one attached hydrogen (secondary N) is 1. The number of benzene rings is 1. The maximum Gasteiger partial charge on any atom is 0.251 e. The number of amides is 1. The molecule has 2 rings (SSSR count). The van der Waals surface area contributed by atoms with Crippen molar-refractivity contribution in [3.05, 3.63) is 42.5 Å². The fourth-order valence-corrected chi connectivity index (χ4v) is 6.62. The lowest BCUT2D eigenvalue weighted by atomic mass is 10.2. The van der Waals surface area contributed by atoms with E-state index in [1.807, 2.05) is 0 Å². The third-order valence-electron chi connectivity index (χ3n) is 3.48. The van der Waals surface area contributed by atoms with Crippen LogP contribution >= 0.6 is 0 Å². The summed E-state index contributed by atoms with van der Waals surface area (Å²) < 4.78 is 47.7. The Morgan fingerprint density at radius 2 is 1.95 bits per heavy atom. The Kier molecular flexibility index (Phi) is 4.72. The van der Waals surface area contributed by atoms with E-state index in [-0.39, 0.29) is 28.7 Å². The Hall–Kier alpha value is -1.67. The molecular weight excluding hydrogens is 326 g/mol. The van der Waals surface area contributed by atoms with Gasteiger partial charge in [0.15, 0.2) is 19.7 Å². The van der Waals surface area contributed by atoms with Crippen LogP contribution in [0.4, 0.5) is 0 Å². The number of carbonyl (C=O) groups is 1. The van der Waals surface area contributed by atoms with Gasteiger partial charge in [-0.15, -0.1) is 6.58 Å². The van der Waals surface area contributed by atoms with Crippen molar-refractivity contribution >= 4 is 25.6 Å². The molecule has 0 aliphatic carbocycles. The predicted molar refractivity (Wildman–Crippen MR) is 83.2 cm³/mol. The summed E-state index contributed by atoms with van der Waals surface area (Å²) in [5.41, 5.74) is 0.333. The maximum atomic E-state index is 12.4. The highest BCUT2D eigenvalue weighted by atomic mass is 32.2. The summed E-state index contributed by atoms with van der Waals surface area (Å²) in [6.45, 7) is 3.80. The van der Waals surface area contributed by atoms with Crippen molar-refractivity contribution in [3.63, 3.8) is 0 Å². The van der Waals surface area contributed by atoms with Gasteiger partial charge in [-0.1, -0.05) is 6.08 Å². The monoisotopic (exact) mass is 343 g/mol. The Labute approximate surface area is 130 Å². The van der Waals surface area contributed by atoms with E-state index in [9.17, 15) is 21.6 Å². The van der Waals surface area contributed by atoms with Crippen LogP contribution in [-0.4, -0.2) is 46.0 Å². The lowest BCUT2D eigenvalue weighted by Gasteiger charge is -2.10. The van der Waals surface area contributed by atoms with Gasteiger partial charge in [-0.3, -0.25) is 4.79 Å². The number of sulfone groups is 2. The second-order valence-corrected chi connectivity index (χ2v) is 9.55. The molecule has 1 N–H and O–H groups in total. The first kappa shape index (κ1) is 16.7. The molecule has 1 saturated heterocycles. The normalized spacial score (nSPS) is 20.5. The van der Waals surface area contributed by atoms with Gasteiger partial charge in [-0.2, -0.15) is 0 Å². The Bertz CT molecular complexity index is 779. The van der Waals surface area contributed by atoms with Crippen molar-refractivity contribution < 1.29 is 21.6 Å². The van der Waals surface area contributed by atoms with Gasteiger partial charge in [0.05, 0.1) is 21.7 Å². The van der Waals surface area contributed by atoms with Gasteiger partial charge in [0, 0.05) is 12.1 Å². The van der Waals surface area contributed by atoms with Crippen LogP contribution in [0.3, 0.4) is 0 Å². The SMILES string of the molecule is C=CCNC(=O)c1ccc(S(=O)(=O)[C@H]2CCS(=O)(=O)C2)cc1. The summed E-state index contributed by atoms with van der Waals surface area (Å²) in [5.74, 6) is -0.761. The van der Waals surface area contributed by atoms with Gasteiger partial charge < -0.3 is 5.32 Å². The first-order valence-corrected chi connectivity index (χ1v) is 10.1. The summed E-state index contributed by atoms with van der Waals surface area (Å²) in [5, 5.41) is 1.68. The molecule has 1 aromatic rings. The fourth-order valence-electron chi connectivity index (χ4n) is 2.26. The number of hydrogen-bond acceptors (Lipinski definition) is 5. The van der Waals surface area contributed by atoms with Crippen molar-refractivity contribution in [2.45, 2.75) is 16.6 Å². The molecule has 0 radical (unpaired) electrons. The van der Waals surface area contributed by atoms with Crippen LogP contribution in [0.5, 0.6) is 0 Å². The molecule has 0 bridgehead atoms. The maximum absolute atomic E-state index is 12.4. The highest BCUT2D eigenvalue weighted by Gasteiger charge is 2.37. The quantitative estimate of drug-likeness (QED) is 0.788. The van der Waals surface area contributed by atoms with Crippen LogP contribution in [0.15, 0.2) is 41.8 Å². The lowest BCUT2D eigenvalue weighted by Crippen LogP contribution is -2.24. The molecule has 6 nitrogen and oxygen atoms in total. The molecule has 1 aliphatic rings. The van der Waals surface area contributed by atoms with Crippen LogP contribution in [0.25, 0.3) is 0 Å². The van der Waals surface area contributed by atoms with E-state index in [4.69, 9.17) is 0 Å². The molecule has 0 spiro atoms. The average molecular weight is 343 g/mol. The number of hydrogen-bond donors (Lipinski definition) is 1. The minimum Gasteiger partial charge on any atom is -0.349 e.